The highest BCUT2D eigenvalue weighted by molar-refractivity contribution is 6.29. The lowest BCUT2D eigenvalue weighted by atomic mass is 10.1. The first-order chi connectivity index (χ1) is 13.1. The third-order valence-corrected chi connectivity index (χ3v) is 4.16. The number of aromatic nitrogens is 4. The van der Waals surface area contributed by atoms with E-state index in [-0.39, 0.29) is 5.97 Å². The molecule has 0 amide bonds. The first-order valence-electron chi connectivity index (χ1n) is 8.78. The quantitative estimate of drug-likeness (QED) is 0.481. The van der Waals surface area contributed by atoms with Crippen LogP contribution in [0.3, 0.4) is 0 Å². The normalized spacial score (nSPS) is 11.4. The summed E-state index contributed by atoms with van der Waals surface area (Å²) >= 11 is 5.81. The number of rotatable bonds is 4. The Morgan fingerprint density at radius 3 is 2.57 bits per heavy atom. The molecule has 0 radical (unpaired) electrons. The molecular formula is C20H22ClN5O2. The van der Waals surface area contributed by atoms with Crippen LogP contribution in [0.25, 0.3) is 11.3 Å². The zero-order chi connectivity index (χ0) is 20.5. The molecule has 146 valence electrons. The lowest BCUT2D eigenvalue weighted by Gasteiger charge is -2.19. The van der Waals surface area contributed by atoms with Crippen LogP contribution < -0.4 is 5.32 Å². The second-order valence-electron chi connectivity index (χ2n) is 7.39. The Morgan fingerprint density at radius 1 is 1.18 bits per heavy atom. The van der Waals surface area contributed by atoms with Crippen molar-refractivity contribution in [3.05, 3.63) is 52.7 Å². The number of aryl methyl sites for hydroxylation is 1. The van der Waals surface area contributed by atoms with Crippen LogP contribution in [-0.4, -0.2) is 31.5 Å². The molecule has 0 saturated heterocycles. The molecule has 0 aliphatic heterocycles. The molecule has 3 aromatic rings. The van der Waals surface area contributed by atoms with Crippen molar-refractivity contribution >= 4 is 29.2 Å². The fourth-order valence-corrected chi connectivity index (χ4v) is 2.92. The number of nitrogens with zero attached hydrogens (tertiary/aromatic N) is 3. The van der Waals surface area contributed by atoms with E-state index in [1.54, 1.807) is 30.6 Å². The minimum Gasteiger partial charge on any atom is -0.455 e. The second kappa shape index (κ2) is 7.59. The highest BCUT2D eigenvalue weighted by Crippen LogP contribution is 2.30. The smallest absolute Gasteiger partial charge is 0.355 e. The van der Waals surface area contributed by atoms with Crippen molar-refractivity contribution in [2.75, 3.05) is 5.32 Å². The number of carbonyl (C=O) groups excluding carboxylic acids is 1. The number of esters is 1. The van der Waals surface area contributed by atoms with Gasteiger partial charge in [0.2, 0.25) is 5.95 Å². The number of pyridine rings is 1. The highest BCUT2D eigenvalue weighted by Gasteiger charge is 2.24. The lowest BCUT2D eigenvalue weighted by Crippen LogP contribution is -2.24. The van der Waals surface area contributed by atoms with E-state index in [4.69, 9.17) is 16.3 Å². The van der Waals surface area contributed by atoms with E-state index in [1.807, 2.05) is 34.6 Å². The number of H-pyrrole nitrogens is 1. The third-order valence-electron chi connectivity index (χ3n) is 3.94. The average Bonchev–Trinajstić information content (AvgIpc) is 2.90. The van der Waals surface area contributed by atoms with E-state index in [0.717, 1.165) is 22.5 Å². The van der Waals surface area contributed by atoms with Gasteiger partial charge in [0, 0.05) is 17.5 Å². The third kappa shape index (κ3) is 4.48. The maximum atomic E-state index is 12.5. The summed E-state index contributed by atoms with van der Waals surface area (Å²) in [7, 11) is 0. The summed E-state index contributed by atoms with van der Waals surface area (Å²) in [4.78, 5) is 28.5. The average molecular weight is 400 g/mol. The lowest BCUT2D eigenvalue weighted by molar-refractivity contribution is 0.00626. The predicted molar refractivity (Wildman–Crippen MR) is 109 cm³/mol. The number of carbonyl (C=O) groups is 1. The largest absolute Gasteiger partial charge is 0.455 e. The number of anilines is 2. The molecule has 0 aliphatic carbocycles. The van der Waals surface area contributed by atoms with Crippen molar-refractivity contribution in [2.24, 2.45) is 0 Å². The van der Waals surface area contributed by atoms with E-state index in [2.05, 4.69) is 25.3 Å². The number of nitrogens with one attached hydrogen (secondary N) is 2. The molecule has 0 bridgehead atoms. The number of hydrogen-bond acceptors (Lipinski definition) is 6. The van der Waals surface area contributed by atoms with Gasteiger partial charge in [-0.2, -0.15) is 0 Å². The molecule has 3 aromatic heterocycles. The minimum absolute atomic E-state index is 0.390. The van der Waals surface area contributed by atoms with Gasteiger partial charge in [0.25, 0.3) is 0 Å². The van der Waals surface area contributed by atoms with Crippen molar-refractivity contribution < 1.29 is 9.53 Å². The van der Waals surface area contributed by atoms with Gasteiger partial charge in [-0.3, -0.25) is 0 Å². The molecule has 0 saturated carbocycles. The highest BCUT2D eigenvalue weighted by atomic mass is 35.5. The van der Waals surface area contributed by atoms with Crippen LogP contribution in [0.2, 0.25) is 5.15 Å². The zero-order valence-electron chi connectivity index (χ0n) is 16.4. The van der Waals surface area contributed by atoms with Gasteiger partial charge in [-0.1, -0.05) is 11.6 Å². The van der Waals surface area contributed by atoms with Crippen LogP contribution in [0.15, 0.2) is 30.6 Å². The second-order valence-corrected chi connectivity index (χ2v) is 7.77. The Labute approximate surface area is 168 Å². The Balaban J connectivity index is 1.91. The summed E-state index contributed by atoms with van der Waals surface area (Å²) in [6.07, 6.45) is 3.26. The number of hydrogen-bond donors (Lipinski definition) is 2. The predicted octanol–water partition coefficient (Wildman–Crippen LogP) is 4.84. The zero-order valence-corrected chi connectivity index (χ0v) is 17.2. The molecule has 8 heteroatoms. The molecule has 0 aliphatic rings. The molecule has 28 heavy (non-hydrogen) atoms. The number of aromatic amines is 1. The monoisotopic (exact) mass is 399 g/mol. The fourth-order valence-electron chi connectivity index (χ4n) is 2.80. The van der Waals surface area contributed by atoms with Crippen molar-refractivity contribution in [3.8, 4) is 11.3 Å². The van der Waals surface area contributed by atoms with Gasteiger partial charge in [-0.05, 0) is 58.4 Å². The first-order valence-corrected chi connectivity index (χ1v) is 9.16. The van der Waals surface area contributed by atoms with Gasteiger partial charge < -0.3 is 15.0 Å². The van der Waals surface area contributed by atoms with Crippen LogP contribution in [0.5, 0.6) is 0 Å². The van der Waals surface area contributed by atoms with Gasteiger partial charge in [0.05, 0.1) is 17.6 Å². The molecule has 0 unspecified atom stereocenters. The fraction of sp³-hybridized carbons (Fsp3) is 0.300. The van der Waals surface area contributed by atoms with Crippen LogP contribution >= 0.6 is 11.6 Å². The van der Waals surface area contributed by atoms with Crippen LogP contribution in [-0.2, 0) is 4.74 Å². The Hall–Kier alpha value is -2.93. The van der Waals surface area contributed by atoms with Gasteiger partial charge in [0.1, 0.15) is 16.4 Å². The maximum Gasteiger partial charge on any atom is 0.355 e. The van der Waals surface area contributed by atoms with Crippen LogP contribution in [0.4, 0.5) is 11.6 Å². The molecule has 0 aromatic carbocycles. The van der Waals surface area contributed by atoms with Crippen LogP contribution in [0, 0.1) is 13.8 Å². The van der Waals surface area contributed by atoms with Crippen molar-refractivity contribution in [3.63, 3.8) is 0 Å². The molecule has 2 N–H and O–H groups in total. The molecule has 0 atom stereocenters. The summed E-state index contributed by atoms with van der Waals surface area (Å²) in [5.74, 6) is 0.0273. The van der Waals surface area contributed by atoms with E-state index in [1.165, 1.54) is 0 Å². The van der Waals surface area contributed by atoms with E-state index < -0.39 is 5.60 Å². The van der Waals surface area contributed by atoms with Crippen molar-refractivity contribution in [2.45, 2.75) is 40.2 Å². The maximum absolute atomic E-state index is 12.5. The van der Waals surface area contributed by atoms with E-state index in [9.17, 15) is 4.79 Å². The summed E-state index contributed by atoms with van der Waals surface area (Å²) in [6.45, 7) is 9.28. The summed E-state index contributed by atoms with van der Waals surface area (Å²) in [5.41, 5.74) is 3.74. The molecule has 3 rings (SSSR count). The van der Waals surface area contributed by atoms with E-state index in [0.29, 0.717) is 22.5 Å². The van der Waals surface area contributed by atoms with Crippen molar-refractivity contribution in [1.29, 1.82) is 0 Å². The topological polar surface area (TPSA) is 92.8 Å². The van der Waals surface area contributed by atoms with Gasteiger partial charge in [-0.15, -0.1) is 0 Å². The molecule has 0 fully saturated rings. The summed E-state index contributed by atoms with van der Waals surface area (Å²) < 4.78 is 5.49. The molecule has 0 spiro atoms. The first kappa shape index (κ1) is 19.8. The van der Waals surface area contributed by atoms with Crippen molar-refractivity contribution in [1.82, 2.24) is 19.9 Å². The Kier molecular flexibility index (Phi) is 5.38. The Bertz CT molecular complexity index is 1010. The van der Waals surface area contributed by atoms with E-state index >= 15 is 0 Å². The molecule has 3 heterocycles. The molecule has 7 nitrogen and oxygen atoms in total. The molecular weight excluding hydrogens is 378 g/mol. The minimum atomic E-state index is -0.568. The van der Waals surface area contributed by atoms with Gasteiger partial charge >= 0.3 is 5.97 Å². The Morgan fingerprint density at radius 2 is 1.93 bits per heavy atom. The summed E-state index contributed by atoms with van der Waals surface area (Å²) in [5, 5.41) is 3.51. The SMILES string of the molecule is Cc1[nH]c(C(=O)OC(C)(C)C)c(C)c1-c1ccnc(Nc2ccc(Cl)nc2)n1. The number of ether oxygens (including phenoxy) is 1. The number of halogens is 1. The summed E-state index contributed by atoms with van der Waals surface area (Å²) in [6, 6.07) is 5.27. The van der Waals surface area contributed by atoms with Gasteiger partial charge in [-0.25, -0.2) is 19.7 Å². The standard InChI is InChI=1S/C20H22ClN5O2/c1-11-16(12(2)24-17(11)18(27)28-20(3,4)5)14-8-9-22-19(26-14)25-13-6-7-15(21)23-10-13/h6-10,24H,1-5H3,(H,22,25,26). The van der Waals surface area contributed by atoms with Gasteiger partial charge in [0.15, 0.2) is 0 Å². The van der Waals surface area contributed by atoms with Crippen LogP contribution in [0.1, 0.15) is 42.5 Å².